The number of hydrogen-bond donors (Lipinski definition) is 2. The van der Waals surface area contributed by atoms with Gasteiger partial charge in [-0.1, -0.05) is 13.0 Å². The van der Waals surface area contributed by atoms with E-state index in [2.05, 4.69) is 33.0 Å². The van der Waals surface area contributed by atoms with Crippen LogP contribution in [0.15, 0.2) is 18.5 Å². The number of likely N-dealkylation sites (tertiary alicyclic amines) is 1. The van der Waals surface area contributed by atoms with Crippen LogP contribution in [0.2, 0.25) is 0 Å². The fourth-order valence-corrected chi connectivity index (χ4v) is 6.54. The van der Waals surface area contributed by atoms with Crippen molar-refractivity contribution < 1.29 is 44.2 Å². The SMILES string of the molecule is CC1CN(CCN(c2cnn(C)c2)S(=O)(=O)NC(=O)Nc2c3c(cc4c2CCC4)CCC3)C1.[H-].[Na+]. The van der Waals surface area contributed by atoms with E-state index in [0.29, 0.717) is 18.2 Å². The zero-order chi connectivity index (χ0) is 23.2. The van der Waals surface area contributed by atoms with Gasteiger partial charge in [-0.3, -0.25) is 4.68 Å². The molecular weight excluding hydrogens is 463 g/mol. The predicted molar refractivity (Wildman–Crippen MR) is 129 cm³/mol. The molecule has 1 aliphatic heterocycles. The van der Waals surface area contributed by atoms with Gasteiger partial charge in [0.25, 0.3) is 0 Å². The summed E-state index contributed by atoms with van der Waals surface area (Å²) in [5.41, 5.74) is 6.17. The third kappa shape index (κ3) is 5.16. The summed E-state index contributed by atoms with van der Waals surface area (Å²) in [6, 6.07) is 1.57. The number of fused-ring (bicyclic) bond motifs is 2. The van der Waals surface area contributed by atoms with Crippen LogP contribution in [-0.4, -0.2) is 55.3 Å². The summed E-state index contributed by atoms with van der Waals surface area (Å²) >= 11 is 0. The van der Waals surface area contributed by atoms with Crippen molar-refractivity contribution in [2.24, 2.45) is 13.0 Å². The molecule has 0 bridgehead atoms. The monoisotopic (exact) mass is 496 g/mol. The molecule has 0 unspecified atom stereocenters. The largest absolute Gasteiger partial charge is 1.00 e. The van der Waals surface area contributed by atoms with Gasteiger partial charge in [0, 0.05) is 45.1 Å². The molecule has 1 aromatic carbocycles. The summed E-state index contributed by atoms with van der Waals surface area (Å²) in [7, 11) is -2.37. The first-order valence-electron chi connectivity index (χ1n) is 11.8. The van der Waals surface area contributed by atoms with Gasteiger partial charge in [-0.15, -0.1) is 0 Å². The molecule has 0 atom stereocenters. The normalized spacial score (nSPS) is 17.5. The molecule has 2 N–H and O–H groups in total. The maximum Gasteiger partial charge on any atom is 1.00 e. The summed E-state index contributed by atoms with van der Waals surface area (Å²) in [5.74, 6) is 0.631. The van der Waals surface area contributed by atoms with Crippen LogP contribution >= 0.6 is 0 Å². The minimum Gasteiger partial charge on any atom is -1.00 e. The van der Waals surface area contributed by atoms with E-state index >= 15 is 0 Å². The average molecular weight is 497 g/mol. The Morgan fingerprint density at radius 1 is 1.18 bits per heavy atom. The molecule has 0 saturated carbocycles. The number of carbonyl (C=O) groups is 1. The molecule has 0 spiro atoms. The molecule has 34 heavy (non-hydrogen) atoms. The van der Waals surface area contributed by atoms with Crippen LogP contribution in [0, 0.1) is 5.92 Å². The number of nitrogens with zero attached hydrogens (tertiary/aromatic N) is 4. The minimum absolute atomic E-state index is 0. The van der Waals surface area contributed by atoms with Gasteiger partial charge in [-0.05, 0) is 66.7 Å². The zero-order valence-corrected chi connectivity index (χ0v) is 23.1. The maximum absolute atomic E-state index is 13.3. The van der Waals surface area contributed by atoms with Crippen LogP contribution in [0.25, 0.3) is 0 Å². The fraction of sp³-hybridized carbons (Fsp3) is 0.565. The number of anilines is 2. The molecule has 0 radical (unpaired) electrons. The first-order valence-corrected chi connectivity index (χ1v) is 13.2. The van der Waals surface area contributed by atoms with Crippen LogP contribution in [0.4, 0.5) is 16.2 Å². The summed E-state index contributed by atoms with van der Waals surface area (Å²) in [5, 5.41) is 7.03. The van der Waals surface area contributed by atoms with E-state index in [1.165, 1.54) is 32.8 Å². The summed E-state index contributed by atoms with van der Waals surface area (Å²) < 4.78 is 31.6. The van der Waals surface area contributed by atoms with Crippen molar-refractivity contribution in [2.45, 2.75) is 45.4 Å². The molecule has 2 aromatic rings. The minimum atomic E-state index is -4.11. The number of carbonyl (C=O) groups excluding carboxylic acids is 1. The van der Waals surface area contributed by atoms with Gasteiger partial charge in [0.2, 0.25) is 0 Å². The summed E-state index contributed by atoms with van der Waals surface area (Å²) in [6.45, 7) is 4.94. The molecule has 2 aliphatic carbocycles. The van der Waals surface area contributed by atoms with E-state index in [-0.39, 0.29) is 37.5 Å². The van der Waals surface area contributed by atoms with E-state index in [1.807, 2.05) is 0 Å². The number of amides is 2. The van der Waals surface area contributed by atoms with Gasteiger partial charge in [-0.25, -0.2) is 13.8 Å². The zero-order valence-electron chi connectivity index (χ0n) is 21.3. The van der Waals surface area contributed by atoms with Gasteiger partial charge < -0.3 is 11.6 Å². The molecule has 2 amide bonds. The molecule has 180 valence electrons. The Labute approximate surface area is 225 Å². The standard InChI is InChI=1S/C23H32N6O3S.Na.H/c1-16-13-28(14-16)9-10-29(19-12-24-27(2)15-19)33(31,32)26-23(30)25-22-20-7-3-5-17(20)11-18-6-4-8-21(18)22;;/h11-12,15-16H,3-10,13-14H2,1-2H3,(H2,25,26,30);;/q;+1;-1. The number of nitrogens with one attached hydrogen (secondary N) is 2. The third-order valence-electron chi connectivity index (χ3n) is 6.96. The van der Waals surface area contributed by atoms with Crippen LogP contribution < -0.4 is 43.9 Å². The smallest absolute Gasteiger partial charge is 1.00 e. The maximum atomic E-state index is 13.3. The Morgan fingerprint density at radius 2 is 1.82 bits per heavy atom. The number of aromatic nitrogens is 2. The molecular formula is C23H33N6NaO3S. The van der Waals surface area contributed by atoms with Crippen molar-refractivity contribution in [1.29, 1.82) is 0 Å². The number of hydrogen-bond acceptors (Lipinski definition) is 5. The first-order chi connectivity index (χ1) is 15.8. The second-order valence-electron chi connectivity index (χ2n) is 9.60. The van der Waals surface area contributed by atoms with Crippen molar-refractivity contribution in [3.05, 3.63) is 40.7 Å². The van der Waals surface area contributed by atoms with Gasteiger partial charge in [0.15, 0.2) is 0 Å². The molecule has 3 aliphatic rings. The number of aryl methyl sites for hydroxylation is 3. The van der Waals surface area contributed by atoms with Gasteiger partial charge in [-0.2, -0.15) is 13.5 Å². The topological polar surface area (TPSA) is 99.6 Å². The fourth-order valence-electron chi connectivity index (χ4n) is 5.45. The first kappa shape index (κ1) is 25.5. The predicted octanol–water partition coefficient (Wildman–Crippen LogP) is -0.661. The number of benzene rings is 1. The van der Waals surface area contributed by atoms with Gasteiger partial charge in [0.05, 0.1) is 11.9 Å². The van der Waals surface area contributed by atoms with Crippen LogP contribution in [0.3, 0.4) is 0 Å². The Hall–Kier alpha value is -1.59. The second kappa shape index (κ2) is 10.2. The molecule has 2 heterocycles. The second-order valence-corrected chi connectivity index (χ2v) is 11.2. The van der Waals surface area contributed by atoms with Crippen molar-refractivity contribution in [3.63, 3.8) is 0 Å². The van der Waals surface area contributed by atoms with E-state index in [9.17, 15) is 13.2 Å². The molecule has 1 saturated heterocycles. The summed E-state index contributed by atoms with van der Waals surface area (Å²) in [6.07, 6.45) is 9.15. The van der Waals surface area contributed by atoms with Crippen molar-refractivity contribution in [1.82, 2.24) is 19.4 Å². The van der Waals surface area contributed by atoms with Crippen LogP contribution in [-0.2, 0) is 42.9 Å². The molecule has 1 aromatic heterocycles. The van der Waals surface area contributed by atoms with E-state index in [0.717, 1.165) is 57.3 Å². The van der Waals surface area contributed by atoms with Crippen molar-refractivity contribution >= 4 is 27.6 Å². The molecule has 5 rings (SSSR count). The van der Waals surface area contributed by atoms with Crippen molar-refractivity contribution in [2.75, 3.05) is 35.8 Å². The van der Waals surface area contributed by atoms with Gasteiger partial charge >= 0.3 is 45.8 Å². The van der Waals surface area contributed by atoms with E-state index in [1.54, 1.807) is 17.9 Å². The van der Waals surface area contributed by atoms with Crippen LogP contribution in [0.1, 0.15) is 43.4 Å². The Morgan fingerprint density at radius 3 is 2.38 bits per heavy atom. The average Bonchev–Trinajstić information content (AvgIpc) is 3.46. The summed E-state index contributed by atoms with van der Waals surface area (Å²) in [4.78, 5) is 15.2. The number of rotatable bonds is 7. The van der Waals surface area contributed by atoms with Crippen LogP contribution in [0.5, 0.6) is 0 Å². The van der Waals surface area contributed by atoms with Gasteiger partial charge in [0.1, 0.15) is 0 Å². The number of urea groups is 1. The Balaban J connectivity index is 0.00000171. The quantitative estimate of drug-likeness (QED) is 0.496. The molecule has 11 heteroatoms. The molecule has 9 nitrogen and oxygen atoms in total. The van der Waals surface area contributed by atoms with Crippen molar-refractivity contribution in [3.8, 4) is 0 Å². The Bertz CT molecular complexity index is 1150. The molecule has 1 fully saturated rings. The van der Waals surface area contributed by atoms with E-state index < -0.39 is 16.2 Å². The van der Waals surface area contributed by atoms with E-state index in [4.69, 9.17) is 0 Å². The third-order valence-corrected chi connectivity index (χ3v) is 8.38. The Kier molecular flexibility index (Phi) is 7.64.